The molecule has 6 rings (SSSR count). The number of rotatable bonds is 4. The number of benzene rings is 2. The van der Waals surface area contributed by atoms with Crippen molar-refractivity contribution < 1.29 is 14.4 Å². The molecule has 34 heavy (non-hydrogen) atoms. The van der Waals surface area contributed by atoms with Crippen LogP contribution in [0.5, 0.6) is 0 Å². The molecule has 3 aliphatic heterocycles. The molecule has 0 aliphatic carbocycles. The minimum atomic E-state index is -1.25. The zero-order valence-corrected chi connectivity index (χ0v) is 19.5. The van der Waals surface area contributed by atoms with Crippen molar-refractivity contribution in [2.24, 2.45) is 11.8 Å². The number of nitrogens with zero attached hydrogens (tertiary/aromatic N) is 1. The molecule has 7 nitrogen and oxygen atoms in total. The van der Waals surface area contributed by atoms with Crippen molar-refractivity contribution in [2.45, 2.75) is 51.2 Å². The van der Waals surface area contributed by atoms with Crippen molar-refractivity contribution in [3.8, 4) is 0 Å². The number of fused-ring (bicyclic) bond motifs is 5. The van der Waals surface area contributed by atoms with Crippen LogP contribution in [0.3, 0.4) is 0 Å². The van der Waals surface area contributed by atoms with E-state index in [1.165, 1.54) is 4.90 Å². The number of hydrogen-bond donors (Lipinski definition) is 3. The smallest absolute Gasteiger partial charge is 0.250 e. The summed E-state index contributed by atoms with van der Waals surface area (Å²) >= 11 is 0. The molecule has 0 bridgehead atoms. The molecule has 3 aliphatic rings. The molecule has 0 saturated carbocycles. The zero-order valence-electron chi connectivity index (χ0n) is 19.5. The molecule has 2 fully saturated rings. The van der Waals surface area contributed by atoms with E-state index in [1.54, 1.807) is 0 Å². The van der Waals surface area contributed by atoms with E-state index in [-0.39, 0.29) is 29.8 Å². The molecule has 2 saturated heterocycles. The summed E-state index contributed by atoms with van der Waals surface area (Å²) in [7, 11) is 0. The quantitative estimate of drug-likeness (QED) is 0.526. The largest absolute Gasteiger partial charge is 0.361 e. The summed E-state index contributed by atoms with van der Waals surface area (Å²) in [5.41, 5.74) is 3.29. The molecule has 174 valence electrons. The van der Waals surface area contributed by atoms with Gasteiger partial charge in [-0.15, -0.1) is 0 Å². The number of aromatic amines is 1. The lowest BCUT2D eigenvalue weighted by Gasteiger charge is -2.31. The van der Waals surface area contributed by atoms with Gasteiger partial charge in [-0.2, -0.15) is 0 Å². The lowest BCUT2D eigenvalue weighted by molar-refractivity contribution is -0.145. The van der Waals surface area contributed by atoms with Gasteiger partial charge >= 0.3 is 0 Å². The SMILES string of the molecule is CC[C@@H](C)N1C(=O)[C@H]2[C@@H](C1=O)[C@]1(N[C@@H]2Cc2c[nH]c3ccccc23)C(=O)Nc2c(C)cccc21. The number of para-hydroxylation sites is 2. The molecule has 7 heteroatoms. The van der Waals surface area contributed by atoms with Crippen LogP contribution in [0, 0.1) is 18.8 Å². The molecule has 3 N–H and O–H groups in total. The predicted molar refractivity (Wildman–Crippen MR) is 129 cm³/mol. The number of aryl methyl sites for hydroxylation is 1. The Bertz CT molecular complexity index is 1360. The van der Waals surface area contributed by atoms with Crippen LogP contribution in [0.2, 0.25) is 0 Å². The fourth-order valence-corrected chi connectivity index (χ4v) is 6.33. The summed E-state index contributed by atoms with van der Waals surface area (Å²) in [5, 5.41) is 7.66. The van der Waals surface area contributed by atoms with E-state index in [0.29, 0.717) is 12.8 Å². The van der Waals surface area contributed by atoms with Crippen LogP contribution in [0.15, 0.2) is 48.7 Å². The number of amides is 3. The zero-order chi connectivity index (χ0) is 23.8. The molecule has 4 heterocycles. The van der Waals surface area contributed by atoms with E-state index in [4.69, 9.17) is 0 Å². The highest BCUT2D eigenvalue weighted by atomic mass is 16.2. The molecule has 3 aromatic rings. The van der Waals surface area contributed by atoms with Gasteiger partial charge in [-0.25, -0.2) is 0 Å². The van der Waals surface area contributed by atoms with Crippen LogP contribution in [0.25, 0.3) is 10.9 Å². The van der Waals surface area contributed by atoms with Gasteiger partial charge in [0.05, 0.1) is 11.8 Å². The third-order valence-corrected chi connectivity index (χ3v) is 8.14. The van der Waals surface area contributed by atoms with E-state index in [0.717, 1.165) is 33.3 Å². The first kappa shape index (κ1) is 21.1. The summed E-state index contributed by atoms with van der Waals surface area (Å²) in [4.78, 5) is 46.0. The lowest BCUT2D eigenvalue weighted by Crippen LogP contribution is -2.54. The minimum Gasteiger partial charge on any atom is -0.361 e. The number of likely N-dealkylation sites (tertiary alicyclic amines) is 1. The standard InChI is InChI=1S/C27H28N4O3/c1-4-15(3)31-24(32)21-20(12-16-13-28-19-11-6-5-9-17(16)19)30-27(22(21)25(31)33)18-10-7-8-14(2)23(18)29-26(27)34/h5-11,13,15,20-22,28,30H,4,12H2,1-3H3,(H,29,34)/t15-,20-,21-,22+,27+/m1/s1. The van der Waals surface area contributed by atoms with Crippen molar-refractivity contribution in [3.05, 3.63) is 65.4 Å². The van der Waals surface area contributed by atoms with E-state index in [2.05, 4.69) is 21.7 Å². The van der Waals surface area contributed by atoms with Gasteiger partial charge in [0.15, 0.2) is 0 Å². The Morgan fingerprint density at radius 3 is 2.65 bits per heavy atom. The maximum Gasteiger partial charge on any atom is 0.250 e. The number of anilines is 1. The molecular weight excluding hydrogens is 428 g/mol. The lowest BCUT2D eigenvalue weighted by atomic mass is 9.76. The second kappa shape index (κ2) is 7.27. The molecular formula is C27H28N4O3. The van der Waals surface area contributed by atoms with Gasteiger partial charge in [0.25, 0.3) is 0 Å². The molecule has 0 radical (unpaired) electrons. The second-order valence-corrected chi connectivity index (χ2v) is 9.88. The Kier molecular flexibility index (Phi) is 4.51. The number of imide groups is 1. The number of carbonyl (C=O) groups is 3. The average molecular weight is 457 g/mol. The predicted octanol–water partition coefficient (Wildman–Crippen LogP) is 3.24. The third kappa shape index (κ3) is 2.59. The van der Waals surface area contributed by atoms with Crippen molar-refractivity contribution >= 4 is 34.3 Å². The van der Waals surface area contributed by atoms with Gasteiger partial charge in [-0.3, -0.25) is 24.6 Å². The Hall–Kier alpha value is -3.45. The fourth-order valence-electron chi connectivity index (χ4n) is 6.33. The third-order valence-electron chi connectivity index (χ3n) is 8.14. The second-order valence-electron chi connectivity index (χ2n) is 9.88. The Morgan fingerprint density at radius 1 is 1.06 bits per heavy atom. The van der Waals surface area contributed by atoms with Crippen LogP contribution in [0.1, 0.15) is 37.0 Å². The minimum absolute atomic E-state index is 0.174. The highest BCUT2D eigenvalue weighted by Crippen LogP contribution is 2.54. The molecule has 1 aromatic heterocycles. The first-order valence-corrected chi connectivity index (χ1v) is 12.0. The van der Waals surface area contributed by atoms with Crippen LogP contribution in [-0.2, 0) is 26.3 Å². The summed E-state index contributed by atoms with van der Waals surface area (Å²) in [6.07, 6.45) is 3.17. The molecule has 1 spiro atoms. The van der Waals surface area contributed by atoms with Crippen LogP contribution in [0.4, 0.5) is 5.69 Å². The van der Waals surface area contributed by atoms with E-state index in [9.17, 15) is 14.4 Å². The van der Waals surface area contributed by atoms with Gasteiger partial charge in [0.2, 0.25) is 17.7 Å². The highest BCUT2D eigenvalue weighted by molar-refractivity contribution is 6.15. The van der Waals surface area contributed by atoms with Crippen molar-refractivity contribution in [2.75, 3.05) is 5.32 Å². The Labute approximate surface area is 197 Å². The number of hydrogen-bond acceptors (Lipinski definition) is 4. The van der Waals surface area contributed by atoms with Crippen molar-refractivity contribution in [3.63, 3.8) is 0 Å². The fraction of sp³-hybridized carbons (Fsp3) is 0.370. The molecule has 0 unspecified atom stereocenters. The van der Waals surface area contributed by atoms with Gasteiger partial charge in [0.1, 0.15) is 5.54 Å². The van der Waals surface area contributed by atoms with E-state index in [1.807, 2.05) is 63.4 Å². The van der Waals surface area contributed by atoms with Gasteiger partial charge in [-0.05, 0) is 43.9 Å². The van der Waals surface area contributed by atoms with Gasteiger partial charge in [0, 0.05) is 40.4 Å². The first-order chi connectivity index (χ1) is 16.4. The number of aromatic nitrogens is 1. The van der Waals surface area contributed by atoms with E-state index < -0.39 is 17.4 Å². The topological polar surface area (TPSA) is 94.3 Å². The van der Waals surface area contributed by atoms with Crippen molar-refractivity contribution in [1.29, 1.82) is 0 Å². The van der Waals surface area contributed by atoms with E-state index >= 15 is 0 Å². The van der Waals surface area contributed by atoms with Crippen LogP contribution >= 0.6 is 0 Å². The Balaban J connectivity index is 1.50. The Morgan fingerprint density at radius 2 is 1.85 bits per heavy atom. The van der Waals surface area contributed by atoms with Crippen LogP contribution in [-0.4, -0.2) is 39.7 Å². The molecule has 2 aromatic carbocycles. The number of nitrogens with one attached hydrogen (secondary N) is 3. The summed E-state index contributed by atoms with van der Waals surface area (Å²) in [6, 6.07) is 13.2. The highest BCUT2D eigenvalue weighted by Gasteiger charge is 2.70. The number of carbonyl (C=O) groups excluding carboxylic acids is 3. The monoisotopic (exact) mass is 456 g/mol. The molecule has 5 atom stereocenters. The summed E-state index contributed by atoms with van der Waals surface area (Å²) in [5.74, 6) is -2.05. The maximum absolute atomic E-state index is 13.8. The first-order valence-electron chi connectivity index (χ1n) is 12.0. The van der Waals surface area contributed by atoms with Gasteiger partial charge < -0.3 is 10.3 Å². The number of H-pyrrole nitrogens is 1. The summed E-state index contributed by atoms with van der Waals surface area (Å²) in [6.45, 7) is 5.82. The molecule has 3 amide bonds. The summed E-state index contributed by atoms with van der Waals surface area (Å²) < 4.78 is 0. The van der Waals surface area contributed by atoms with Crippen molar-refractivity contribution in [1.82, 2.24) is 15.2 Å². The maximum atomic E-state index is 13.8. The average Bonchev–Trinajstić information content (AvgIpc) is 3.54. The normalized spacial score (nSPS) is 28.6. The van der Waals surface area contributed by atoms with Gasteiger partial charge in [-0.1, -0.05) is 43.3 Å². The van der Waals surface area contributed by atoms with Crippen LogP contribution < -0.4 is 10.6 Å².